The Labute approximate surface area is 164 Å². The summed E-state index contributed by atoms with van der Waals surface area (Å²) < 4.78 is 19.4. The SMILES string of the molecule is COc1ccc(Nc2nnc(S[C@H](C)C(=O)Nc3ccccc3F)s2)cc1. The zero-order valence-corrected chi connectivity index (χ0v) is 16.2. The normalized spacial score (nSPS) is 11.7. The second-order valence-electron chi connectivity index (χ2n) is 5.46. The van der Waals surface area contributed by atoms with Crippen LogP contribution in [0.5, 0.6) is 5.75 Å². The smallest absolute Gasteiger partial charge is 0.237 e. The van der Waals surface area contributed by atoms with Crippen molar-refractivity contribution < 1.29 is 13.9 Å². The van der Waals surface area contributed by atoms with Gasteiger partial charge in [0, 0.05) is 5.69 Å². The summed E-state index contributed by atoms with van der Waals surface area (Å²) in [5.74, 6) is -0.00125. The molecule has 1 atom stereocenters. The number of nitrogens with zero attached hydrogens (tertiary/aromatic N) is 2. The van der Waals surface area contributed by atoms with Crippen molar-refractivity contribution in [2.24, 2.45) is 0 Å². The number of rotatable bonds is 7. The molecule has 1 amide bonds. The number of ether oxygens (including phenoxy) is 1. The number of carbonyl (C=O) groups is 1. The number of methoxy groups -OCH3 is 1. The van der Waals surface area contributed by atoms with Gasteiger partial charge in [0.15, 0.2) is 4.34 Å². The predicted molar refractivity (Wildman–Crippen MR) is 107 cm³/mol. The Kier molecular flexibility index (Phi) is 6.25. The quantitative estimate of drug-likeness (QED) is 0.563. The third kappa shape index (κ3) is 5.18. The highest BCUT2D eigenvalue weighted by Crippen LogP contribution is 2.31. The van der Waals surface area contributed by atoms with Gasteiger partial charge in [0.1, 0.15) is 11.6 Å². The van der Waals surface area contributed by atoms with E-state index >= 15 is 0 Å². The van der Waals surface area contributed by atoms with E-state index in [1.165, 1.54) is 35.2 Å². The van der Waals surface area contributed by atoms with Gasteiger partial charge in [-0.25, -0.2) is 4.39 Å². The summed E-state index contributed by atoms with van der Waals surface area (Å²) in [7, 11) is 1.61. The molecular formula is C18H17FN4O2S2. The second kappa shape index (κ2) is 8.83. The van der Waals surface area contributed by atoms with Crippen LogP contribution < -0.4 is 15.4 Å². The van der Waals surface area contributed by atoms with Crippen molar-refractivity contribution in [3.8, 4) is 5.75 Å². The van der Waals surface area contributed by atoms with E-state index in [1.807, 2.05) is 24.3 Å². The third-order valence-corrected chi connectivity index (χ3v) is 5.55. The minimum absolute atomic E-state index is 0.161. The first kappa shape index (κ1) is 19.1. The molecular weight excluding hydrogens is 387 g/mol. The van der Waals surface area contributed by atoms with Crippen LogP contribution in [0.2, 0.25) is 0 Å². The number of halogens is 1. The molecule has 2 N–H and O–H groups in total. The zero-order valence-electron chi connectivity index (χ0n) is 14.6. The highest BCUT2D eigenvalue weighted by molar-refractivity contribution is 8.02. The van der Waals surface area contributed by atoms with E-state index in [-0.39, 0.29) is 11.6 Å². The van der Waals surface area contributed by atoms with Crippen molar-refractivity contribution in [2.75, 3.05) is 17.7 Å². The average molecular weight is 404 g/mol. The molecule has 6 nitrogen and oxygen atoms in total. The standard InChI is InChI=1S/C18H17FN4O2S2/c1-11(16(24)21-15-6-4-3-5-14(15)19)26-18-23-22-17(27-18)20-12-7-9-13(25-2)10-8-12/h3-11H,1-2H3,(H,20,22)(H,21,24)/t11-/m1/s1. The van der Waals surface area contributed by atoms with Gasteiger partial charge >= 0.3 is 0 Å². The van der Waals surface area contributed by atoms with E-state index in [4.69, 9.17) is 4.74 Å². The molecule has 0 saturated carbocycles. The van der Waals surface area contributed by atoms with Gasteiger partial charge in [-0.3, -0.25) is 4.79 Å². The molecule has 0 aliphatic rings. The Balaban J connectivity index is 1.57. The van der Waals surface area contributed by atoms with E-state index in [0.29, 0.717) is 9.47 Å². The summed E-state index contributed by atoms with van der Waals surface area (Å²) in [5, 5.41) is 14.1. The number of hydrogen-bond acceptors (Lipinski definition) is 7. The third-order valence-electron chi connectivity index (χ3n) is 3.53. The molecule has 0 bridgehead atoms. The van der Waals surface area contributed by atoms with Gasteiger partial charge in [0.2, 0.25) is 11.0 Å². The summed E-state index contributed by atoms with van der Waals surface area (Å²) in [6, 6.07) is 13.5. The van der Waals surface area contributed by atoms with Gasteiger partial charge < -0.3 is 15.4 Å². The fraction of sp³-hybridized carbons (Fsp3) is 0.167. The Morgan fingerprint density at radius 3 is 2.63 bits per heavy atom. The minimum Gasteiger partial charge on any atom is -0.497 e. The molecule has 0 aliphatic heterocycles. The van der Waals surface area contributed by atoms with Gasteiger partial charge in [-0.15, -0.1) is 10.2 Å². The number of para-hydroxylation sites is 1. The molecule has 3 rings (SSSR count). The number of thioether (sulfide) groups is 1. The van der Waals surface area contributed by atoms with Crippen LogP contribution >= 0.6 is 23.1 Å². The molecule has 2 aromatic carbocycles. The first-order valence-electron chi connectivity index (χ1n) is 8.02. The van der Waals surface area contributed by atoms with Crippen LogP contribution in [0.1, 0.15) is 6.92 Å². The largest absolute Gasteiger partial charge is 0.497 e. The topological polar surface area (TPSA) is 76.1 Å². The highest BCUT2D eigenvalue weighted by Gasteiger charge is 2.18. The number of anilines is 3. The molecule has 0 fully saturated rings. The number of carbonyl (C=O) groups excluding carboxylic acids is 1. The molecule has 1 heterocycles. The molecule has 0 aliphatic carbocycles. The van der Waals surface area contributed by atoms with Crippen LogP contribution in [-0.2, 0) is 4.79 Å². The summed E-state index contributed by atoms with van der Waals surface area (Å²) in [6.07, 6.45) is 0. The van der Waals surface area contributed by atoms with Crippen molar-refractivity contribution in [2.45, 2.75) is 16.5 Å². The lowest BCUT2D eigenvalue weighted by Gasteiger charge is -2.10. The van der Waals surface area contributed by atoms with Crippen LogP contribution in [0, 0.1) is 5.82 Å². The Hall–Kier alpha value is -2.65. The Morgan fingerprint density at radius 2 is 1.93 bits per heavy atom. The van der Waals surface area contributed by atoms with Gasteiger partial charge in [0.05, 0.1) is 18.0 Å². The molecule has 1 aromatic heterocycles. The van der Waals surface area contributed by atoms with Crippen molar-refractivity contribution >= 4 is 45.5 Å². The maximum absolute atomic E-state index is 13.6. The second-order valence-corrected chi connectivity index (χ2v) is 8.02. The van der Waals surface area contributed by atoms with Gasteiger partial charge in [-0.2, -0.15) is 0 Å². The summed E-state index contributed by atoms with van der Waals surface area (Å²) in [6.45, 7) is 1.73. The van der Waals surface area contributed by atoms with Crippen LogP contribution in [0.4, 0.5) is 20.9 Å². The van der Waals surface area contributed by atoms with Crippen molar-refractivity contribution in [3.05, 3.63) is 54.3 Å². The van der Waals surface area contributed by atoms with E-state index in [1.54, 1.807) is 26.2 Å². The number of amides is 1. The molecule has 27 heavy (non-hydrogen) atoms. The van der Waals surface area contributed by atoms with Crippen molar-refractivity contribution in [3.63, 3.8) is 0 Å². The van der Waals surface area contributed by atoms with Crippen LogP contribution in [0.15, 0.2) is 52.9 Å². The molecule has 0 saturated heterocycles. The molecule has 140 valence electrons. The van der Waals surface area contributed by atoms with E-state index in [9.17, 15) is 9.18 Å². The fourth-order valence-corrected chi connectivity index (χ4v) is 4.02. The van der Waals surface area contributed by atoms with E-state index in [0.717, 1.165) is 11.4 Å². The zero-order chi connectivity index (χ0) is 19.2. The number of benzene rings is 2. The molecule has 0 radical (unpaired) electrons. The van der Waals surface area contributed by atoms with E-state index < -0.39 is 11.1 Å². The summed E-state index contributed by atoms with van der Waals surface area (Å²) in [4.78, 5) is 12.3. The van der Waals surface area contributed by atoms with Crippen LogP contribution in [0.25, 0.3) is 0 Å². The maximum atomic E-state index is 13.6. The monoisotopic (exact) mass is 404 g/mol. The van der Waals surface area contributed by atoms with Crippen molar-refractivity contribution in [1.29, 1.82) is 0 Å². The summed E-state index contributed by atoms with van der Waals surface area (Å²) >= 11 is 2.60. The van der Waals surface area contributed by atoms with Gasteiger partial charge in [0.25, 0.3) is 0 Å². The number of hydrogen-bond donors (Lipinski definition) is 2. The van der Waals surface area contributed by atoms with Gasteiger partial charge in [-0.1, -0.05) is 35.2 Å². The lowest BCUT2D eigenvalue weighted by Crippen LogP contribution is -2.22. The Morgan fingerprint density at radius 1 is 1.19 bits per heavy atom. The average Bonchev–Trinajstić information content (AvgIpc) is 3.11. The summed E-state index contributed by atoms with van der Waals surface area (Å²) in [5.41, 5.74) is 1.02. The number of aromatic nitrogens is 2. The lowest BCUT2D eigenvalue weighted by molar-refractivity contribution is -0.115. The first-order chi connectivity index (χ1) is 13.0. The molecule has 0 spiro atoms. The minimum atomic E-state index is -0.468. The Bertz CT molecular complexity index is 918. The van der Waals surface area contributed by atoms with Crippen molar-refractivity contribution in [1.82, 2.24) is 10.2 Å². The molecule has 0 unspecified atom stereocenters. The number of nitrogens with one attached hydrogen (secondary N) is 2. The van der Waals surface area contributed by atoms with Gasteiger partial charge in [-0.05, 0) is 43.3 Å². The van der Waals surface area contributed by atoms with Crippen LogP contribution in [0.3, 0.4) is 0 Å². The first-order valence-corrected chi connectivity index (χ1v) is 9.71. The van der Waals surface area contributed by atoms with Crippen LogP contribution in [-0.4, -0.2) is 28.5 Å². The fourth-order valence-electron chi connectivity index (χ4n) is 2.11. The maximum Gasteiger partial charge on any atom is 0.237 e. The molecule has 3 aromatic rings. The van der Waals surface area contributed by atoms with E-state index in [2.05, 4.69) is 20.8 Å². The molecule has 9 heteroatoms. The lowest BCUT2D eigenvalue weighted by atomic mass is 10.3. The highest BCUT2D eigenvalue weighted by atomic mass is 32.2. The predicted octanol–water partition coefficient (Wildman–Crippen LogP) is 4.55.